The first-order chi connectivity index (χ1) is 12.9. The molecule has 0 spiro atoms. The summed E-state index contributed by atoms with van der Waals surface area (Å²) in [4.78, 5) is 17.8. The second-order valence-electron chi connectivity index (χ2n) is 6.95. The Bertz CT molecular complexity index is 1150. The minimum Gasteiger partial charge on any atom is -0.303 e. The summed E-state index contributed by atoms with van der Waals surface area (Å²) >= 11 is 0. The van der Waals surface area contributed by atoms with Gasteiger partial charge in [0, 0.05) is 18.8 Å². The van der Waals surface area contributed by atoms with Crippen molar-refractivity contribution in [1.29, 1.82) is 0 Å². The van der Waals surface area contributed by atoms with Gasteiger partial charge in [0.2, 0.25) is 0 Å². The zero-order valence-corrected chi connectivity index (χ0v) is 15.9. The summed E-state index contributed by atoms with van der Waals surface area (Å²) in [7, 11) is 1.79. The molecule has 0 N–H and O–H groups in total. The van der Waals surface area contributed by atoms with Crippen molar-refractivity contribution in [2.45, 2.75) is 27.2 Å². The summed E-state index contributed by atoms with van der Waals surface area (Å²) in [5.41, 5.74) is 7.00. The lowest BCUT2D eigenvalue weighted by molar-refractivity contribution is 0.0986. The van der Waals surface area contributed by atoms with Crippen LogP contribution in [0.25, 0.3) is 16.9 Å². The van der Waals surface area contributed by atoms with E-state index in [1.165, 1.54) is 5.56 Å². The summed E-state index contributed by atoms with van der Waals surface area (Å²) in [5, 5.41) is 8.00. The molecule has 0 bridgehead atoms. The molecule has 0 radical (unpaired) electrons. The molecule has 4 aromatic rings. The third kappa shape index (κ3) is 3.03. The molecule has 6 heteroatoms. The fourth-order valence-corrected chi connectivity index (χ4v) is 3.21. The Labute approximate surface area is 157 Å². The highest BCUT2D eigenvalue weighted by molar-refractivity contribution is 5.97. The summed E-state index contributed by atoms with van der Waals surface area (Å²) < 4.78 is 3.63. The molecule has 136 valence electrons. The molecule has 0 aliphatic heterocycles. The molecule has 0 unspecified atom stereocenters. The lowest BCUT2D eigenvalue weighted by atomic mass is 10.0. The molecule has 0 fully saturated rings. The normalized spacial score (nSPS) is 11.3. The van der Waals surface area contributed by atoms with Gasteiger partial charge in [-0.3, -0.25) is 9.48 Å². The third-order valence-electron chi connectivity index (χ3n) is 4.89. The van der Waals surface area contributed by atoms with Gasteiger partial charge in [0.05, 0.1) is 23.5 Å². The number of Topliss-reactive ketones (excluding diaryl/α,β-unsaturated/α-hetero) is 1. The molecule has 1 aromatic carbocycles. The van der Waals surface area contributed by atoms with Gasteiger partial charge in [-0.25, -0.2) is 4.98 Å². The number of ketones is 1. The quantitative estimate of drug-likeness (QED) is 0.523. The Kier molecular flexibility index (Phi) is 4.11. The molecule has 0 amide bonds. The first-order valence-electron chi connectivity index (χ1n) is 8.88. The van der Waals surface area contributed by atoms with E-state index in [0.29, 0.717) is 5.69 Å². The maximum Gasteiger partial charge on any atom is 0.190 e. The van der Waals surface area contributed by atoms with Gasteiger partial charge in [-0.15, -0.1) is 5.10 Å². The highest BCUT2D eigenvalue weighted by Gasteiger charge is 2.21. The number of hydrogen-bond donors (Lipinski definition) is 0. The van der Waals surface area contributed by atoms with E-state index in [4.69, 9.17) is 4.98 Å². The number of fused-ring (bicyclic) bond motifs is 1. The van der Waals surface area contributed by atoms with E-state index in [1.54, 1.807) is 11.7 Å². The smallest absolute Gasteiger partial charge is 0.190 e. The Morgan fingerprint density at radius 2 is 1.70 bits per heavy atom. The van der Waals surface area contributed by atoms with Crippen molar-refractivity contribution in [2.24, 2.45) is 7.05 Å². The molecule has 0 atom stereocenters. The van der Waals surface area contributed by atoms with Gasteiger partial charge >= 0.3 is 0 Å². The minimum atomic E-state index is -0.0581. The first-order valence-corrected chi connectivity index (χ1v) is 8.88. The van der Waals surface area contributed by atoms with Crippen molar-refractivity contribution < 1.29 is 4.79 Å². The number of rotatable bonds is 4. The fraction of sp³-hybridized carbons (Fsp3) is 0.238. The molecular weight excluding hydrogens is 338 g/mol. The van der Waals surface area contributed by atoms with Crippen LogP contribution in [0.2, 0.25) is 0 Å². The van der Waals surface area contributed by atoms with Crippen molar-refractivity contribution >= 4 is 11.4 Å². The second-order valence-corrected chi connectivity index (χ2v) is 6.95. The van der Waals surface area contributed by atoms with Crippen LogP contribution in [0, 0.1) is 20.8 Å². The predicted molar refractivity (Wildman–Crippen MR) is 104 cm³/mol. The van der Waals surface area contributed by atoms with Crippen molar-refractivity contribution in [1.82, 2.24) is 24.4 Å². The van der Waals surface area contributed by atoms with E-state index in [-0.39, 0.29) is 12.2 Å². The van der Waals surface area contributed by atoms with E-state index in [1.807, 2.05) is 48.7 Å². The van der Waals surface area contributed by atoms with Gasteiger partial charge in [-0.05, 0) is 32.4 Å². The number of carbonyl (C=O) groups excluding carboxylic acids is 1. The van der Waals surface area contributed by atoms with E-state index < -0.39 is 0 Å². The van der Waals surface area contributed by atoms with Crippen molar-refractivity contribution in [3.8, 4) is 11.3 Å². The Morgan fingerprint density at radius 1 is 1.00 bits per heavy atom. The molecule has 6 nitrogen and oxygen atoms in total. The summed E-state index contributed by atoms with van der Waals surface area (Å²) in [6.45, 7) is 5.94. The average molecular weight is 359 g/mol. The molecule has 4 rings (SSSR count). The number of pyridine rings is 1. The molecular formula is C21H21N5O. The summed E-state index contributed by atoms with van der Waals surface area (Å²) in [6.07, 6.45) is 2.24. The van der Waals surface area contributed by atoms with Crippen LogP contribution in [0.4, 0.5) is 0 Å². The van der Waals surface area contributed by atoms with Gasteiger partial charge in [-0.1, -0.05) is 41.1 Å². The molecule has 3 heterocycles. The summed E-state index contributed by atoms with van der Waals surface area (Å²) in [5.74, 6) is -0.0581. The highest BCUT2D eigenvalue weighted by atomic mass is 16.1. The maximum absolute atomic E-state index is 13.0. The van der Waals surface area contributed by atoms with Crippen LogP contribution in [-0.2, 0) is 13.5 Å². The number of aromatic nitrogens is 5. The SMILES string of the molecule is Cc1ccc(-c2nc3ccc(C)cn3c2CC(=O)c2nnn(C)c2C)cc1. The predicted octanol–water partition coefficient (Wildman–Crippen LogP) is 3.48. The first kappa shape index (κ1) is 17.1. The van der Waals surface area contributed by atoms with E-state index in [0.717, 1.165) is 33.9 Å². The van der Waals surface area contributed by atoms with Crippen molar-refractivity contribution in [3.05, 3.63) is 70.8 Å². The molecule has 0 saturated heterocycles. The lowest BCUT2D eigenvalue weighted by Crippen LogP contribution is -2.09. The topological polar surface area (TPSA) is 65.1 Å². The number of nitrogens with zero attached hydrogens (tertiary/aromatic N) is 5. The molecule has 0 aliphatic rings. The van der Waals surface area contributed by atoms with Gasteiger partial charge in [0.15, 0.2) is 11.5 Å². The minimum absolute atomic E-state index is 0.0581. The second kappa shape index (κ2) is 6.46. The number of hydrogen-bond acceptors (Lipinski definition) is 4. The molecule has 0 saturated carbocycles. The van der Waals surface area contributed by atoms with Gasteiger partial charge < -0.3 is 4.40 Å². The van der Waals surface area contributed by atoms with E-state index >= 15 is 0 Å². The van der Waals surface area contributed by atoms with Crippen LogP contribution in [0.5, 0.6) is 0 Å². The Balaban J connectivity index is 1.85. The number of aryl methyl sites for hydroxylation is 3. The standard InChI is InChI=1S/C21H21N5O/c1-13-5-8-16(9-6-13)21-17(26-12-14(2)7-10-19(26)22-21)11-18(27)20-15(3)25(4)24-23-20/h5-10,12H,11H2,1-4H3. The number of imidazole rings is 1. The van der Waals surface area contributed by atoms with Gasteiger partial charge in [0.25, 0.3) is 0 Å². The van der Waals surface area contributed by atoms with Crippen LogP contribution < -0.4 is 0 Å². The number of benzene rings is 1. The fourth-order valence-electron chi connectivity index (χ4n) is 3.21. The Morgan fingerprint density at radius 3 is 2.37 bits per heavy atom. The number of carbonyl (C=O) groups is 1. The molecule has 3 aromatic heterocycles. The summed E-state index contributed by atoms with van der Waals surface area (Å²) in [6, 6.07) is 12.2. The molecule has 27 heavy (non-hydrogen) atoms. The van der Waals surface area contributed by atoms with Crippen LogP contribution >= 0.6 is 0 Å². The largest absolute Gasteiger partial charge is 0.303 e. The highest BCUT2D eigenvalue weighted by Crippen LogP contribution is 2.26. The third-order valence-corrected chi connectivity index (χ3v) is 4.89. The van der Waals surface area contributed by atoms with Crippen LogP contribution in [0.3, 0.4) is 0 Å². The van der Waals surface area contributed by atoms with Crippen molar-refractivity contribution in [2.75, 3.05) is 0 Å². The monoisotopic (exact) mass is 359 g/mol. The molecule has 0 aliphatic carbocycles. The van der Waals surface area contributed by atoms with Crippen LogP contribution in [0.1, 0.15) is 33.0 Å². The van der Waals surface area contributed by atoms with E-state index in [2.05, 4.69) is 29.4 Å². The van der Waals surface area contributed by atoms with Gasteiger partial charge in [-0.2, -0.15) is 0 Å². The van der Waals surface area contributed by atoms with Crippen molar-refractivity contribution in [3.63, 3.8) is 0 Å². The van der Waals surface area contributed by atoms with Crippen LogP contribution in [0.15, 0.2) is 42.6 Å². The zero-order chi connectivity index (χ0) is 19.1. The maximum atomic E-state index is 13.0. The average Bonchev–Trinajstić information content (AvgIpc) is 3.16. The lowest BCUT2D eigenvalue weighted by Gasteiger charge is -2.06. The van der Waals surface area contributed by atoms with E-state index in [9.17, 15) is 4.79 Å². The van der Waals surface area contributed by atoms with Gasteiger partial charge in [0.1, 0.15) is 5.65 Å². The Hall–Kier alpha value is -3.28. The van der Waals surface area contributed by atoms with Crippen LogP contribution in [-0.4, -0.2) is 30.2 Å². The zero-order valence-electron chi connectivity index (χ0n) is 15.9.